The van der Waals surface area contributed by atoms with Crippen LogP contribution in [0.5, 0.6) is 0 Å². The summed E-state index contributed by atoms with van der Waals surface area (Å²) in [5.74, 6) is -0.506. The molecule has 3 aromatic rings. The van der Waals surface area contributed by atoms with Crippen LogP contribution in [0.4, 0.5) is 11.4 Å². The van der Waals surface area contributed by atoms with Gasteiger partial charge in [-0.1, -0.05) is 16.6 Å². The first kappa shape index (κ1) is 19.1. The molecule has 1 aliphatic rings. The molecule has 0 saturated carbocycles. The highest BCUT2D eigenvalue weighted by atomic mass is 32.1. The largest absolute Gasteiger partial charge is 0.378 e. The third-order valence-electron chi connectivity index (χ3n) is 5.18. The Balaban J connectivity index is 1.66. The van der Waals surface area contributed by atoms with Gasteiger partial charge in [0.2, 0.25) is 11.8 Å². The highest BCUT2D eigenvalue weighted by Crippen LogP contribution is 2.39. The second-order valence-electron chi connectivity index (χ2n) is 7.17. The lowest BCUT2D eigenvalue weighted by atomic mass is 9.90. The molecule has 4 rings (SSSR count). The number of carbonyl (C=O) groups is 2. The SMILES string of the molecule is CC(=O)N1c2ccc(C(N)=O)cc2C(Nc2ccc(-c3cnns3)cc2)CC1C. The Bertz CT molecular complexity index is 1050. The minimum atomic E-state index is -0.484. The van der Waals surface area contributed by atoms with Crippen LogP contribution in [0, 0.1) is 0 Å². The van der Waals surface area contributed by atoms with E-state index in [0.29, 0.717) is 5.56 Å². The molecule has 0 bridgehead atoms. The predicted octanol–water partition coefficient (Wildman–Crippen LogP) is 3.60. The zero-order valence-electron chi connectivity index (χ0n) is 16.1. The van der Waals surface area contributed by atoms with E-state index >= 15 is 0 Å². The summed E-state index contributed by atoms with van der Waals surface area (Å²) < 4.78 is 3.90. The lowest BCUT2D eigenvalue weighted by Gasteiger charge is -2.39. The number of fused-ring (bicyclic) bond motifs is 1. The maximum atomic E-state index is 12.2. The number of nitrogens with two attached hydrogens (primary N) is 1. The van der Waals surface area contributed by atoms with Crippen LogP contribution < -0.4 is 16.0 Å². The van der Waals surface area contributed by atoms with E-state index in [0.717, 1.165) is 33.8 Å². The summed E-state index contributed by atoms with van der Waals surface area (Å²) in [5, 5.41) is 7.42. The number of carbonyl (C=O) groups excluding carboxylic acids is 2. The van der Waals surface area contributed by atoms with Crippen molar-refractivity contribution in [1.29, 1.82) is 0 Å². The molecule has 3 N–H and O–H groups in total. The summed E-state index contributed by atoms with van der Waals surface area (Å²) in [7, 11) is 0. The number of anilines is 2. The van der Waals surface area contributed by atoms with Gasteiger partial charge in [0.05, 0.1) is 17.1 Å². The zero-order chi connectivity index (χ0) is 20.5. The van der Waals surface area contributed by atoms with E-state index < -0.39 is 5.91 Å². The van der Waals surface area contributed by atoms with Crippen LogP contribution in [0.25, 0.3) is 10.4 Å². The van der Waals surface area contributed by atoms with E-state index in [9.17, 15) is 9.59 Å². The number of benzene rings is 2. The quantitative estimate of drug-likeness (QED) is 0.688. The van der Waals surface area contributed by atoms with Crippen LogP contribution in [0.15, 0.2) is 48.7 Å². The fourth-order valence-electron chi connectivity index (χ4n) is 3.86. The summed E-state index contributed by atoms with van der Waals surface area (Å²) in [5.41, 5.74) is 9.63. The first-order valence-corrected chi connectivity index (χ1v) is 10.1. The Hall–Kier alpha value is -3.26. The molecule has 0 fully saturated rings. The molecule has 7 nitrogen and oxygen atoms in total. The van der Waals surface area contributed by atoms with Crippen molar-refractivity contribution in [1.82, 2.24) is 9.59 Å². The summed E-state index contributed by atoms with van der Waals surface area (Å²) in [4.78, 5) is 26.7. The summed E-state index contributed by atoms with van der Waals surface area (Å²) in [6, 6.07) is 13.3. The Kier molecular flexibility index (Phi) is 5.02. The fraction of sp³-hybridized carbons (Fsp3) is 0.238. The maximum Gasteiger partial charge on any atom is 0.248 e. The van der Waals surface area contributed by atoms with E-state index in [1.807, 2.05) is 31.2 Å². The Labute approximate surface area is 172 Å². The van der Waals surface area contributed by atoms with Crippen LogP contribution in [-0.4, -0.2) is 27.4 Å². The molecule has 148 valence electrons. The maximum absolute atomic E-state index is 12.2. The Morgan fingerprint density at radius 2 is 1.97 bits per heavy atom. The molecule has 0 aliphatic carbocycles. The standard InChI is InChI=1S/C21H21N5O2S/c1-12-9-18(24-16-6-3-14(4-7-16)20-11-23-25-29-20)17-10-15(21(22)28)5-8-19(17)26(12)13(2)27/h3-8,10-12,18,24H,9H2,1-2H3,(H2,22,28). The van der Waals surface area contributed by atoms with E-state index in [1.165, 1.54) is 11.5 Å². The van der Waals surface area contributed by atoms with Crippen LogP contribution in [0.1, 0.15) is 42.2 Å². The normalized spacial score (nSPS) is 18.2. The van der Waals surface area contributed by atoms with Crippen molar-refractivity contribution in [3.05, 3.63) is 59.8 Å². The summed E-state index contributed by atoms with van der Waals surface area (Å²) in [6.07, 6.45) is 2.46. The zero-order valence-corrected chi connectivity index (χ0v) is 16.9. The molecule has 8 heteroatoms. The van der Waals surface area contributed by atoms with Crippen LogP contribution in [0.3, 0.4) is 0 Å². The van der Waals surface area contributed by atoms with Crippen molar-refractivity contribution in [2.24, 2.45) is 5.73 Å². The van der Waals surface area contributed by atoms with Crippen LogP contribution in [0.2, 0.25) is 0 Å². The molecule has 2 aromatic carbocycles. The molecular formula is C21H21N5O2S. The highest BCUT2D eigenvalue weighted by molar-refractivity contribution is 7.09. The van der Waals surface area contributed by atoms with Gasteiger partial charge in [-0.3, -0.25) is 9.59 Å². The van der Waals surface area contributed by atoms with Crippen molar-refractivity contribution in [2.45, 2.75) is 32.4 Å². The summed E-state index contributed by atoms with van der Waals surface area (Å²) in [6.45, 7) is 3.59. The van der Waals surface area contributed by atoms with Crippen molar-refractivity contribution < 1.29 is 9.59 Å². The van der Waals surface area contributed by atoms with Crippen LogP contribution in [-0.2, 0) is 4.79 Å². The number of amides is 2. The van der Waals surface area contributed by atoms with Gasteiger partial charge in [0.15, 0.2) is 0 Å². The minimum Gasteiger partial charge on any atom is -0.378 e. The molecule has 2 atom stereocenters. The van der Waals surface area contributed by atoms with Gasteiger partial charge in [0, 0.05) is 29.9 Å². The van der Waals surface area contributed by atoms with Crippen molar-refractivity contribution in [2.75, 3.05) is 10.2 Å². The predicted molar refractivity (Wildman–Crippen MR) is 114 cm³/mol. The number of hydrogen-bond donors (Lipinski definition) is 2. The fourth-order valence-corrected chi connectivity index (χ4v) is 4.38. The molecule has 29 heavy (non-hydrogen) atoms. The number of aromatic nitrogens is 2. The Morgan fingerprint density at radius 3 is 2.59 bits per heavy atom. The molecule has 2 heterocycles. The van der Waals surface area contributed by atoms with Gasteiger partial charge in [-0.2, -0.15) is 0 Å². The molecule has 0 radical (unpaired) electrons. The number of hydrogen-bond acceptors (Lipinski definition) is 6. The smallest absolute Gasteiger partial charge is 0.248 e. The monoisotopic (exact) mass is 407 g/mol. The second-order valence-corrected chi connectivity index (χ2v) is 7.95. The van der Waals surface area contributed by atoms with Gasteiger partial charge in [-0.15, -0.1) is 5.10 Å². The van der Waals surface area contributed by atoms with Gasteiger partial charge in [0.25, 0.3) is 0 Å². The molecule has 0 spiro atoms. The molecule has 1 aliphatic heterocycles. The van der Waals surface area contributed by atoms with E-state index in [4.69, 9.17) is 5.73 Å². The molecule has 2 amide bonds. The first-order chi connectivity index (χ1) is 13.9. The highest BCUT2D eigenvalue weighted by Gasteiger charge is 2.32. The molecule has 2 unspecified atom stereocenters. The lowest BCUT2D eigenvalue weighted by Crippen LogP contribution is -2.43. The molecule has 1 aromatic heterocycles. The molecular weight excluding hydrogens is 386 g/mol. The van der Waals surface area contributed by atoms with Gasteiger partial charge < -0.3 is 16.0 Å². The minimum absolute atomic E-state index is 0.0217. The number of nitrogens with one attached hydrogen (secondary N) is 1. The lowest BCUT2D eigenvalue weighted by molar-refractivity contribution is -0.117. The van der Waals surface area contributed by atoms with Gasteiger partial charge in [0.1, 0.15) is 0 Å². The molecule has 0 saturated heterocycles. The third kappa shape index (κ3) is 3.71. The average Bonchev–Trinajstić information content (AvgIpc) is 3.22. The number of rotatable bonds is 4. The third-order valence-corrected chi connectivity index (χ3v) is 5.89. The second kappa shape index (κ2) is 7.63. The van der Waals surface area contributed by atoms with Crippen molar-refractivity contribution >= 4 is 34.7 Å². The Morgan fingerprint density at radius 1 is 1.21 bits per heavy atom. The number of nitrogens with zero attached hydrogens (tertiary/aromatic N) is 3. The van der Waals surface area contributed by atoms with E-state index in [-0.39, 0.29) is 18.0 Å². The van der Waals surface area contributed by atoms with Gasteiger partial charge in [-0.25, -0.2) is 0 Å². The van der Waals surface area contributed by atoms with Crippen molar-refractivity contribution in [3.8, 4) is 10.4 Å². The van der Waals surface area contributed by atoms with Gasteiger partial charge in [-0.05, 0) is 66.3 Å². The van der Waals surface area contributed by atoms with Gasteiger partial charge >= 0.3 is 0 Å². The van der Waals surface area contributed by atoms with E-state index in [2.05, 4.69) is 14.9 Å². The first-order valence-electron chi connectivity index (χ1n) is 9.32. The average molecular weight is 407 g/mol. The van der Waals surface area contributed by atoms with Crippen molar-refractivity contribution in [3.63, 3.8) is 0 Å². The topological polar surface area (TPSA) is 101 Å². The van der Waals surface area contributed by atoms with E-state index in [1.54, 1.807) is 36.2 Å². The number of primary amides is 1. The summed E-state index contributed by atoms with van der Waals surface area (Å²) >= 11 is 1.35. The van der Waals surface area contributed by atoms with Crippen LogP contribution >= 0.6 is 11.5 Å².